The van der Waals surface area contributed by atoms with Gasteiger partial charge in [0.25, 0.3) is 6.43 Å². The van der Waals surface area contributed by atoms with Gasteiger partial charge >= 0.3 is 5.97 Å². The Bertz CT molecular complexity index is 596. The minimum Gasteiger partial charge on any atom is -0.481 e. The molecule has 0 aliphatic rings. The summed E-state index contributed by atoms with van der Waals surface area (Å²) in [4.78, 5) is 10.8. The zero-order valence-corrected chi connectivity index (χ0v) is 9.11. The molecule has 0 aliphatic carbocycles. The lowest BCUT2D eigenvalue weighted by molar-refractivity contribution is -0.142. The molecule has 0 saturated carbocycles. The first-order chi connectivity index (χ1) is 8.49. The Morgan fingerprint density at radius 3 is 2.28 bits per heavy atom. The molecule has 0 radical (unpaired) electrons. The number of alkyl halides is 2. The molecular weight excluding hydrogens is 245 g/mol. The van der Waals surface area contributed by atoms with E-state index in [1.165, 1.54) is 36.4 Å². The van der Waals surface area contributed by atoms with E-state index in [0.29, 0.717) is 10.8 Å². The average Bonchev–Trinajstić information content (AvgIpc) is 2.28. The van der Waals surface area contributed by atoms with Crippen LogP contribution in [0.4, 0.5) is 13.2 Å². The molecule has 2 aromatic carbocycles. The number of carboxylic acids is 1. The van der Waals surface area contributed by atoms with Crippen molar-refractivity contribution in [2.75, 3.05) is 0 Å². The summed E-state index contributed by atoms with van der Waals surface area (Å²) < 4.78 is 38.3. The highest BCUT2D eigenvalue weighted by Crippen LogP contribution is 2.27. The van der Waals surface area contributed by atoms with Gasteiger partial charge in [0, 0.05) is 0 Å². The van der Waals surface area contributed by atoms with Crippen LogP contribution < -0.4 is 0 Å². The van der Waals surface area contributed by atoms with E-state index in [-0.39, 0.29) is 5.56 Å². The lowest BCUT2D eigenvalue weighted by atomic mass is 9.96. The van der Waals surface area contributed by atoms with Crippen LogP contribution in [0.3, 0.4) is 0 Å². The monoisotopic (exact) mass is 254 g/mol. The number of benzene rings is 2. The maximum absolute atomic E-state index is 12.9. The zero-order valence-electron chi connectivity index (χ0n) is 9.11. The summed E-state index contributed by atoms with van der Waals surface area (Å²) in [6.07, 6.45) is -2.99. The average molecular weight is 254 g/mol. The number of carbonyl (C=O) groups is 1. The largest absolute Gasteiger partial charge is 0.481 e. The van der Waals surface area contributed by atoms with Gasteiger partial charge in [-0.1, -0.05) is 24.3 Å². The molecule has 0 aromatic heterocycles. The molecule has 0 fully saturated rings. The van der Waals surface area contributed by atoms with Crippen molar-refractivity contribution in [3.8, 4) is 0 Å². The molecule has 0 spiro atoms. The Morgan fingerprint density at radius 1 is 1.06 bits per heavy atom. The SMILES string of the molecule is O=C(O)C(c1ccc2cc(F)ccc2c1)C(F)F. The van der Waals surface area contributed by atoms with E-state index in [1.54, 1.807) is 0 Å². The number of carboxylic acid groups (broad SMARTS) is 1. The maximum atomic E-state index is 12.9. The van der Waals surface area contributed by atoms with Gasteiger partial charge in [0.05, 0.1) is 0 Å². The van der Waals surface area contributed by atoms with E-state index in [2.05, 4.69) is 0 Å². The summed E-state index contributed by atoms with van der Waals surface area (Å²) in [5.41, 5.74) is 0.0107. The van der Waals surface area contributed by atoms with Crippen LogP contribution in [0.5, 0.6) is 0 Å². The Morgan fingerprint density at radius 2 is 1.67 bits per heavy atom. The second kappa shape index (κ2) is 4.68. The van der Waals surface area contributed by atoms with Crippen molar-refractivity contribution in [3.63, 3.8) is 0 Å². The molecule has 2 rings (SSSR count). The fourth-order valence-electron chi connectivity index (χ4n) is 1.82. The van der Waals surface area contributed by atoms with Gasteiger partial charge in [-0.15, -0.1) is 0 Å². The molecule has 18 heavy (non-hydrogen) atoms. The maximum Gasteiger partial charge on any atom is 0.316 e. The van der Waals surface area contributed by atoms with Crippen LogP contribution >= 0.6 is 0 Å². The van der Waals surface area contributed by atoms with Crippen molar-refractivity contribution in [1.29, 1.82) is 0 Å². The van der Waals surface area contributed by atoms with Crippen LogP contribution in [0.25, 0.3) is 10.8 Å². The summed E-state index contributed by atoms with van der Waals surface area (Å²) in [5, 5.41) is 9.84. The van der Waals surface area contributed by atoms with Crippen molar-refractivity contribution >= 4 is 16.7 Å². The first-order valence-electron chi connectivity index (χ1n) is 5.19. The molecule has 0 heterocycles. The number of hydrogen-bond donors (Lipinski definition) is 1. The predicted octanol–water partition coefficient (Wildman–Crippen LogP) is 3.41. The van der Waals surface area contributed by atoms with Gasteiger partial charge in [0.1, 0.15) is 11.7 Å². The van der Waals surface area contributed by atoms with Crippen molar-refractivity contribution < 1.29 is 23.1 Å². The Labute approximate surface area is 101 Å². The Balaban J connectivity index is 2.52. The van der Waals surface area contributed by atoms with Crippen molar-refractivity contribution in [3.05, 3.63) is 47.8 Å². The van der Waals surface area contributed by atoms with Crippen molar-refractivity contribution in [1.82, 2.24) is 0 Å². The van der Waals surface area contributed by atoms with Gasteiger partial charge in [-0.2, -0.15) is 0 Å². The van der Waals surface area contributed by atoms with Gasteiger partial charge in [0.15, 0.2) is 0 Å². The van der Waals surface area contributed by atoms with E-state index in [0.717, 1.165) is 0 Å². The van der Waals surface area contributed by atoms with Crippen LogP contribution in [0.2, 0.25) is 0 Å². The third-order valence-corrected chi connectivity index (χ3v) is 2.70. The lowest BCUT2D eigenvalue weighted by Crippen LogP contribution is -2.19. The van der Waals surface area contributed by atoms with E-state index >= 15 is 0 Å². The number of fused-ring (bicyclic) bond motifs is 1. The summed E-state index contributed by atoms with van der Waals surface area (Å²) in [5.74, 6) is -3.87. The molecule has 5 heteroatoms. The second-order valence-corrected chi connectivity index (χ2v) is 3.90. The van der Waals surface area contributed by atoms with E-state index < -0.39 is 24.1 Å². The van der Waals surface area contributed by atoms with Gasteiger partial charge in [-0.25, -0.2) is 13.2 Å². The van der Waals surface area contributed by atoms with Crippen LogP contribution in [-0.2, 0) is 4.79 Å². The minimum atomic E-state index is -2.99. The molecule has 2 aromatic rings. The van der Waals surface area contributed by atoms with Gasteiger partial charge in [-0.05, 0) is 28.5 Å². The third-order valence-electron chi connectivity index (χ3n) is 2.70. The standard InChI is InChI=1S/C13H9F3O2/c14-10-4-3-7-5-9(2-1-8(7)6-10)11(12(15)16)13(17)18/h1-6,11-12H,(H,17,18). The molecule has 2 nitrogen and oxygen atoms in total. The van der Waals surface area contributed by atoms with Gasteiger partial charge in [-0.3, -0.25) is 4.79 Å². The van der Waals surface area contributed by atoms with E-state index in [4.69, 9.17) is 5.11 Å². The predicted molar refractivity (Wildman–Crippen MR) is 60.3 cm³/mol. The molecule has 0 saturated heterocycles. The highest BCUT2D eigenvalue weighted by atomic mass is 19.3. The lowest BCUT2D eigenvalue weighted by Gasteiger charge is -2.12. The Hall–Kier alpha value is -2.04. The molecule has 94 valence electrons. The highest BCUT2D eigenvalue weighted by Gasteiger charge is 2.29. The third kappa shape index (κ3) is 2.30. The first kappa shape index (κ1) is 12.4. The molecule has 1 atom stereocenters. The normalized spacial score (nSPS) is 12.9. The zero-order chi connectivity index (χ0) is 13.3. The molecule has 0 bridgehead atoms. The summed E-state index contributed by atoms with van der Waals surface area (Å²) in [6.45, 7) is 0. The van der Waals surface area contributed by atoms with Crippen molar-refractivity contribution in [2.45, 2.75) is 12.3 Å². The number of hydrogen-bond acceptors (Lipinski definition) is 1. The number of rotatable bonds is 3. The van der Waals surface area contributed by atoms with Crippen molar-refractivity contribution in [2.24, 2.45) is 0 Å². The van der Waals surface area contributed by atoms with Gasteiger partial charge in [0.2, 0.25) is 0 Å². The Kier molecular flexibility index (Phi) is 3.23. The molecule has 1 unspecified atom stereocenters. The molecule has 0 amide bonds. The number of aliphatic carboxylic acids is 1. The quantitative estimate of drug-likeness (QED) is 0.911. The van der Waals surface area contributed by atoms with Gasteiger partial charge < -0.3 is 5.11 Å². The summed E-state index contributed by atoms with van der Waals surface area (Å²) in [6, 6.07) is 7.96. The summed E-state index contributed by atoms with van der Waals surface area (Å²) >= 11 is 0. The minimum absolute atomic E-state index is 0.0107. The van der Waals surface area contributed by atoms with Crippen LogP contribution in [-0.4, -0.2) is 17.5 Å². The van der Waals surface area contributed by atoms with E-state index in [1.807, 2.05) is 0 Å². The first-order valence-corrected chi connectivity index (χ1v) is 5.19. The second-order valence-electron chi connectivity index (χ2n) is 3.90. The molecule has 0 aliphatic heterocycles. The van der Waals surface area contributed by atoms with E-state index in [9.17, 15) is 18.0 Å². The number of halogens is 3. The summed E-state index contributed by atoms with van der Waals surface area (Å²) in [7, 11) is 0. The van der Waals surface area contributed by atoms with Crippen LogP contribution in [0, 0.1) is 5.82 Å². The molecule has 1 N–H and O–H groups in total. The fraction of sp³-hybridized carbons (Fsp3) is 0.154. The smallest absolute Gasteiger partial charge is 0.316 e. The van der Waals surface area contributed by atoms with Crippen LogP contribution in [0.15, 0.2) is 36.4 Å². The fourth-order valence-corrected chi connectivity index (χ4v) is 1.82. The van der Waals surface area contributed by atoms with Crippen LogP contribution in [0.1, 0.15) is 11.5 Å². The highest BCUT2D eigenvalue weighted by molar-refractivity contribution is 5.85. The molecular formula is C13H9F3O2. The topological polar surface area (TPSA) is 37.3 Å².